The summed E-state index contributed by atoms with van der Waals surface area (Å²) in [6.07, 6.45) is 1.40. The van der Waals surface area contributed by atoms with Crippen LogP contribution in [-0.2, 0) is 16.1 Å². The van der Waals surface area contributed by atoms with Gasteiger partial charge in [-0.15, -0.1) is 0 Å². The standard InChI is InChI=1S/C22H28N4O4/c1-22(2)8-13(10-24-12-22)9-23-11-14-4-3-5-15-18(14)21(30)26(20(15)29)16-6-7-17(27)25-19(16)28/h3-5,13,16,23-24H,6-12H2,1-2H3,(H,25,27,28). The zero-order chi connectivity index (χ0) is 21.5. The molecule has 2 saturated heterocycles. The van der Waals surface area contributed by atoms with Gasteiger partial charge in [0.05, 0.1) is 11.1 Å². The van der Waals surface area contributed by atoms with Gasteiger partial charge in [0.15, 0.2) is 0 Å². The lowest BCUT2D eigenvalue weighted by Gasteiger charge is -2.36. The average Bonchev–Trinajstić information content (AvgIpc) is 2.93. The number of hydrogen-bond donors (Lipinski definition) is 3. The fourth-order valence-electron chi connectivity index (χ4n) is 4.83. The summed E-state index contributed by atoms with van der Waals surface area (Å²) < 4.78 is 0. The van der Waals surface area contributed by atoms with Crippen LogP contribution in [0.25, 0.3) is 0 Å². The highest BCUT2D eigenvalue weighted by Crippen LogP contribution is 2.30. The Bertz CT molecular complexity index is 910. The molecule has 0 radical (unpaired) electrons. The van der Waals surface area contributed by atoms with E-state index in [9.17, 15) is 19.2 Å². The van der Waals surface area contributed by atoms with Crippen molar-refractivity contribution in [1.82, 2.24) is 20.9 Å². The predicted molar refractivity (Wildman–Crippen MR) is 110 cm³/mol. The topological polar surface area (TPSA) is 108 Å². The van der Waals surface area contributed by atoms with Crippen LogP contribution in [0.4, 0.5) is 0 Å². The number of carbonyl (C=O) groups is 4. The first-order valence-electron chi connectivity index (χ1n) is 10.5. The summed E-state index contributed by atoms with van der Waals surface area (Å²) in [4.78, 5) is 50.7. The van der Waals surface area contributed by atoms with Crippen LogP contribution in [0, 0.1) is 11.3 Å². The molecule has 0 saturated carbocycles. The Labute approximate surface area is 175 Å². The maximum atomic E-state index is 13.1. The number of nitrogens with one attached hydrogen (secondary N) is 3. The largest absolute Gasteiger partial charge is 0.316 e. The van der Waals surface area contributed by atoms with Gasteiger partial charge in [0.1, 0.15) is 6.04 Å². The second-order valence-corrected chi connectivity index (χ2v) is 9.28. The Morgan fingerprint density at radius 2 is 1.97 bits per heavy atom. The first-order chi connectivity index (χ1) is 14.3. The minimum Gasteiger partial charge on any atom is -0.316 e. The van der Waals surface area contributed by atoms with E-state index in [2.05, 4.69) is 29.8 Å². The van der Waals surface area contributed by atoms with Crippen molar-refractivity contribution in [2.45, 2.75) is 45.7 Å². The van der Waals surface area contributed by atoms with Crippen molar-refractivity contribution in [2.75, 3.05) is 19.6 Å². The molecule has 3 aliphatic rings. The summed E-state index contributed by atoms with van der Waals surface area (Å²) in [6.45, 7) is 7.78. The normalized spacial score (nSPS) is 26.0. The summed E-state index contributed by atoms with van der Waals surface area (Å²) in [5.41, 5.74) is 1.71. The van der Waals surface area contributed by atoms with Gasteiger partial charge >= 0.3 is 0 Å². The van der Waals surface area contributed by atoms with Crippen LogP contribution in [-0.4, -0.2) is 54.2 Å². The first kappa shape index (κ1) is 20.7. The molecule has 3 N–H and O–H groups in total. The van der Waals surface area contributed by atoms with Crippen LogP contribution in [0.1, 0.15) is 59.4 Å². The second kappa shape index (κ2) is 7.92. The van der Waals surface area contributed by atoms with E-state index in [1.165, 1.54) is 0 Å². The number of fused-ring (bicyclic) bond motifs is 1. The number of imide groups is 2. The van der Waals surface area contributed by atoms with Gasteiger partial charge < -0.3 is 10.6 Å². The molecule has 1 aromatic carbocycles. The smallest absolute Gasteiger partial charge is 0.262 e. The zero-order valence-electron chi connectivity index (χ0n) is 17.4. The van der Waals surface area contributed by atoms with Gasteiger partial charge in [0.2, 0.25) is 11.8 Å². The number of benzene rings is 1. The Morgan fingerprint density at radius 1 is 1.17 bits per heavy atom. The molecule has 8 heteroatoms. The second-order valence-electron chi connectivity index (χ2n) is 9.28. The third-order valence-corrected chi connectivity index (χ3v) is 6.18. The van der Waals surface area contributed by atoms with E-state index in [1.54, 1.807) is 12.1 Å². The lowest BCUT2D eigenvalue weighted by molar-refractivity contribution is -0.136. The van der Waals surface area contributed by atoms with Crippen molar-refractivity contribution in [3.63, 3.8) is 0 Å². The molecule has 4 amide bonds. The lowest BCUT2D eigenvalue weighted by atomic mass is 9.79. The molecule has 30 heavy (non-hydrogen) atoms. The fraction of sp³-hybridized carbons (Fsp3) is 0.545. The van der Waals surface area contributed by atoms with Crippen LogP contribution in [0.2, 0.25) is 0 Å². The third-order valence-electron chi connectivity index (χ3n) is 6.18. The number of rotatable bonds is 5. The number of amides is 4. The van der Waals surface area contributed by atoms with Crippen LogP contribution in [0.5, 0.6) is 0 Å². The summed E-state index contributed by atoms with van der Waals surface area (Å²) in [5, 5.41) is 9.13. The van der Waals surface area contributed by atoms with E-state index in [1.807, 2.05) is 6.07 Å². The van der Waals surface area contributed by atoms with Crippen molar-refractivity contribution >= 4 is 23.6 Å². The SMILES string of the molecule is CC1(C)CNCC(CNCc2cccc3c2C(=O)N(C2CCC(=O)NC2=O)C3=O)C1. The Morgan fingerprint density at radius 3 is 2.70 bits per heavy atom. The molecule has 0 bridgehead atoms. The van der Waals surface area contributed by atoms with Crippen LogP contribution < -0.4 is 16.0 Å². The van der Waals surface area contributed by atoms with E-state index in [-0.39, 0.29) is 24.2 Å². The maximum absolute atomic E-state index is 13.1. The minimum atomic E-state index is -0.938. The van der Waals surface area contributed by atoms with Gasteiger partial charge in [-0.1, -0.05) is 26.0 Å². The number of carbonyl (C=O) groups excluding carboxylic acids is 4. The van der Waals surface area contributed by atoms with E-state index in [0.717, 1.165) is 36.5 Å². The Balaban J connectivity index is 1.46. The van der Waals surface area contributed by atoms with Crippen molar-refractivity contribution in [1.29, 1.82) is 0 Å². The molecule has 8 nitrogen and oxygen atoms in total. The summed E-state index contributed by atoms with van der Waals surface area (Å²) in [5.74, 6) is -1.39. The highest BCUT2D eigenvalue weighted by atomic mass is 16.2. The monoisotopic (exact) mass is 412 g/mol. The molecule has 2 atom stereocenters. The Hall–Kier alpha value is -2.58. The highest BCUT2D eigenvalue weighted by molar-refractivity contribution is 6.24. The summed E-state index contributed by atoms with van der Waals surface area (Å²) in [6, 6.07) is 4.29. The van der Waals surface area contributed by atoms with Gasteiger partial charge in [-0.2, -0.15) is 0 Å². The molecule has 0 spiro atoms. The van der Waals surface area contributed by atoms with Gasteiger partial charge in [-0.25, -0.2) is 0 Å². The highest BCUT2D eigenvalue weighted by Gasteiger charge is 2.45. The fourth-order valence-corrected chi connectivity index (χ4v) is 4.83. The van der Waals surface area contributed by atoms with E-state index >= 15 is 0 Å². The first-order valence-corrected chi connectivity index (χ1v) is 10.5. The van der Waals surface area contributed by atoms with Gasteiger partial charge in [-0.05, 0) is 48.9 Å². The van der Waals surface area contributed by atoms with E-state index < -0.39 is 23.8 Å². The average molecular weight is 412 g/mol. The molecule has 0 aliphatic carbocycles. The van der Waals surface area contributed by atoms with E-state index in [4.69, 9.17) is 0 Å². The summed E-state index contributed by atoms with van der Waals surface area (Å²) in [7, 11) is 0. The molecular formula is C22H28N4O4. The van der Waals surface area contributed by atoms with Gasteiger partial charge in [-0.3, -0.25) is 29.4 Å². The van der Waals surface area contributed by atoms with Crippen LogP contribution >= 0.6 is 0 Å². The predicted octanol–water partition coefficient (Wildman–Crippen LogP) is 0.813. The number of nitrogens with zero attached hydrogens (tertiary/aromatic N) is 1. The molecule has 1 aromatic rings. The zero-order valence-corrected chi connectivity index (χ0v) is 17.4. The quantitative estimate of drug-likeness (QED) is 0.618. The van der Waals surface area contributed by atoms with Crippen molar-refractivity contribution in [2.24, 2.45) is 11.3 Å². The number of piperidine rings is 2. The molecule has 160 valence electrons. The van der Waals surface area contributed by atoms with Crippen LogP contribution in [0.15, 0.2) is 18.2 Å². The van der Waals surface area contributed by atoms with Crippen molar-refractivity contribution < 1.29 is 19.2 Å². The third kappa shape index (κ3) is 3.89. The Kier molecular flexibility index (Phi) is 5.46. The lowest BCUT2D eigenvalue weighted by Crippen LogP contribution is -2.54. The molecule has 3 heterocycles. The van der Waals surface area contributed by atoms with Crippen molar-refractivity contribution in [3.8, 4) is 0 Å². The van der Waals surface area contributed by atoms with E-state index in [0.29, 0.717) is 23.6 Å². The minimum absolute atomic E-state index is 0.115. The molecule has 0 aromatic heterocycles. The van der Waals surface area contributed by atoms with Crippen LogP contribution in [0.3, 0.4) is 0 Å². The van der Waals surface area contributed by atoms with Gasteiger partial charge in [0, 0.05) is 19.5 Å². The molecular weight excluding hydrogens is 384 g/mol. The molecule has 4 rings (SSSR count). The van der Waals surface area contributed by atoms with Crippen molar-refractivity contribution in [3.05, 3.63) is 34.9 Å². The molecule has 2 unspecified atom stereocenters. The molecule has 2 fully saturated rings. The number of hydrogen-bond acceptors (Lipinski definition) is 6. The maximum Gasteiger partial charge on any atom is 0.262 e. The van der Waals surface area contributed by atoms with Gasteiger partial charge in [0.25, 0.3) is 11.8 Å². The summed E-state index contributed by atoms with van der Waals surface area (Å²) >= 11 is 0. The molecule has 3 aliphatic heterocycles.